The van der Waals surface area contributed by atoms with Crippen molar-refractivity contribution >= 4 is 11.6 Å². The van der Waals surface area contributed by atoms with Crippen LogP contribution in [0.3, 0.4) is 0 Å². The Hall–Kier alpha value is -1.46. The largest absolute Gasteiger partial charge is 0.421 e. The van der Waals surface area contributed by atoms with Crippen LogP contribution in [-0.4, -0.2) is 22.8 Å². The molecule has 1 saturated carbocycles. The number of nitrogens with one attached hydrogen (secondary N) is 1. The molecule has 4 nitrogen and oxygen atoms in total. The van der Waals surface area contributed by atoms with E-state index in [2.05, 4.69) is 15.5 Å². The average Bonchev–Trinajstić information content (AvgIpc) is 3.15. The van der Waals surface area contributed by atoms with Crippen LogP contribution in [0.1, 0.15) is 25.2 Å². The third-order valence-corrected chi connectivity index (χ3v) is 3.44. The van der Waals surface area contributed by atoms with Crippen molar-refractivity contribution in [1.29, 1.82) is 0 Å². The molecule has 1 heterocycles. The number of rotatable bonds is 6. The predicted octanol–water partition coefficient (Wildman–Crippen LogP) is 3.21. The van der Waals surface area contributed by atoms with Gasteiger partial charge in [0.2, 0.25) is 5.89 Å². The minimum atomic E-state index is -0.417. The van der Waals surface area contributed by atoms with Crippen LogP contribution in [0.25, 0.3) is 11.5 Å². The summed E-state index contributed by atoms with van der Waals surface area (Å²) < 4.78 is 19.2. The van der Waals surface area contributed by atoms with Crippen LogP contribution < -0.4 is 5.32 Å². The number of hydrogen-bond donors (Lipinski definition) is 1. The Kier molecular flexibility index (Phi) is 3.98. The lowest BCUT2D eigenvalue weighted by Crippen LogP contribution is -2.17. The van der Waals surface area contributed by atoms with Gasteiger partial charge in [-0.15, -0.1) is 10.2 Å². The first-order chi connectivity index (χ1) is 9.72. The van der Waals surface area contributed by atoms with E-state index in [1.54, 1.807) is 0 Å². The second-order valence-electron chi connectivity index (χ2n) is 4.96. The summed E-state index contributed by atoms with van der Waals surface area (Å²) in [5.74, 6) is 0.284. The molecule has 0 bridgehead atoms. The van der Waals surface area contributed by atoms with E-state index < -0.39 is 5.82 Å². The zero-order chi connectivity index (χ0) is 13.9. The zero-order valence-corrected chi connectivity index (χ0v) is 11.7. The number of nitrogens with zero attached hydrogens (tertiary/aromatic N) is 2. The number of benzene rings is 1. The monoisotopic (exact) mass is 295 g/mol. The highest BCUT2D eigenvalue weighted by atomic mass is 35.5. The molecule has 0 amide bonds. The third-order valence-electron chi connectivity index (χ3n) is 3.20. The molecule has 0 radical (unpaired) electrons. The summed E-state index contributed by atoms with van der Waals surface area (Å²) in [6.07, 6.45) is 4.17. The summed E-state index contributed by atoms with van der Waals surface area (Å²) in [6, 6.07) is 4.97. The van der Waals surface area contributed by atoms with E-state index in [0.717, 1.165) is 13.0 Å². The molecule has 1 aliphatic rings. The molecule has 1 fully saturated rings. The van der Waals surface area contributed by atoms with E-state index in [9.17, 15) is 4.39 Å². The van der Waals surface area contributed by atoms with Crippen molar-refractivity contribution in [1.82, 2.24) is 15.5 Å². The molecule has 20 heavy (non-hydrogen) atoms. The van der Waals surface area contributed by atoms with Crippen LogP contribution >= 0.6 is 11.6 Å². The second kappa shape index (κ2) is 5.89. The lowest BCUT2D eigenvalue weighted by atomic mass is 10.2. The van der Waals surface area contributed by atoms with Crippen LogP contribution in [-0.2, 0) is 6.42 Å². The number of aromatic nitrogens is 2. The van der Waals surface area contributed by atoms with Gasteiger partial charge in [-0.1, -0.05) is 11.6 Å². The van der Waals surface area contributed by atoms with Gasteiger partial charge in [0.05, 0.1) is 5.56 Å². The van der Waals surface area contributed by atoms with Gasteiger partial charge in [0.1, 0.15) is 5.82 Å². The molecule has 1 aliphatic carbocycles. The Labute approximate surface area is 121 Å². The molecule has 0 spiro atoms. The fourth-order valence-electron chi connectivity index (χ4n) is 1.96. The minimum Gasteiger partial charge on any atom is -0.421 e. The number of hydrogen-bond acceptors (Lipinski definition) is 4. The van der Waals surface area contributed by atoms with Crippen LogP contribution in [0.5, 0.6) is 0 Å². The summed E-state index contributed by atoms with van der Waals surface area (Å²) in [5.41, 5.74) is 0.243. The highest BCUT2D eigenvalue weighted by Crippen LogP contribution is 2.25. The molecule has 1 aromatic heterocycles. The van der Waals surface area contributed by atoms with Crippen molar-refractivity contribution in [3.05, 3.63) is 34.9 Å². The zero-order valence-electron chi connectivity index (χ0n) is 10.9. The molecule has 0 unspecified atom stereocenters. The molecule has 106 valence electrons. The van der Waals surface area contributed by atoms with Crippen molar-refractivity contribution in [3.63, 3.8) is 0 Å². The average molecular weight is 296 g/mol. The van der Waals surface area contributed by atoms with Crippen LogP contribution in [0, 0.1) is 5.82 Å². The van der Waals surface area contributed by atoms with Crippen LogP contribution in [0.15, 0.2) is 22.6 Å². The molecule has 1 N–H and O–H groups in total. The molecule has 0 atom stereocenters. The Morgan fingerprint density at radius 2 is 2.20 bits per heavy atom. The van der Waals surface area contributed by atoms with Gasteiger partial charge in [0, 0.05) is 17.5 Å². The van der Waals surface area contributed by atoms with E-state index >= 15 is 0 Å². The standard InChI is InChI=1S/C14H15ClFN3O/c15-9-3-6-12(16)11(8-9)14-19-18-13(20-14)2-1-7-17-10-4-5-10/h3,6,8,10,17H,1-2,4-5,7H2. The van der Waals surface area contributed by atoms with Gasteiger partial charge in [-0.2, -0.15) is 0 Å². The summed E-state index contributed by atoms with van der Waals surface area (Å²) in [6.45, 7) is 0.938. The maximum atomic E-state index is 13.7. The van der Waals surface area contributed by atoms with E-state index in [1.807, 2.05) is 0 Å². The van der Waals surface area contributed by atoms with Gasteiger partial charge >= 0.3 is 0 Å². The number of halogens is 2. The SMILES string of the molecule is Fc1ccc(Cl)cc1-c1nnc(CCCNC2CC2)o1. The van der Waals surface area contributed by atoms with E-state index in [1.165, 1.54) is 31.0 Å². The highest BCUT2D eigenvalue weighted by molar-refractivity contribution is 6.30. The minimum absolute atomic E-state index is 0.176. The molecule has 0 aliphatic heterocycles. The molecular weight excluding hydrogens is 281 g/mol. The predicted molar refractivity (Wildman–Crippen MR) is 74.0 cm³/mol. The van der Waals surface area contributed by atoms with Gasteiger partial charge in [-0.05, 0) is 44.0 Å². The summed E-state index contributed by atoms with van der Waals surface area (Å²) in [4.78, 5) is 0. The Bertz CT molecular complexity index is 598. The van der Waals surface area contributed by atoms with E-state index in [0.29, 0.717) is 23.4 Å². The van der Waals surface area contributed by atoms with Gasteiger partial charge in [0.25, 0.3) is 5.89 Å². The maximum absolute atomic E-state index is 13.7. The fraction of sp³-hybridized carbons (Fsp3) is 0.429. The van der Waals surface area contributed by atoms with Crippen molar-refractivity contribution in [3.8, 4) is 11.5 Å². The maximum Gasteiger partial charge on any atom is 0.250 e. The molecule has 3 rings (SSSR count). The third kappa shape index (κ3) is 3.35. The Morgan fingerprint density at radius 1 is 1.35 bits per heavy atom. The Morgan fingerprint density at radius 3 is 3.00 bits per heavy atom. The van der Waals surface area contributed by atoms with E-state index in [4.69, 9.17) is 16.0 Å². The molecule has 6 heteroatoms. The van der Waals surface area contributed by atoms with Gasteiger partial charge in [-0.3, -0.25) is 0 Å². The van der Waals surface area contributed by atoms with Crippen molar-refractivity contribution < 1.29 is 8.81 Å². The quantitative estimate of drug-likeness (QED) is 0.831. The van der Waals surface area contributed by atoms with Crippen molar-refractivity contribution in [2.75, 3.05) is 6.54 Å². The lowest BCUT2D eigenvalue weighted by Gasteiger charge is -2.00. The summed E-state index contributed by atoms with van der Waals surface area (Å²) in [7, 11) is 0. The highest BCUT2D eigenvalue weighted by Gasteiger charge is 2.19. The molecule has 0 saturated heterocycles. The first kappa shape index (κ1) is 13.5. The van der Waals surface area contributed by atoms with Gasteiger partial charge in [-0.25, -0.2) is 4.39 Å². The summed E-state index contributed by atoms with van der Waals surface area (Å²) in [5, 5.41) is 11.7. The molecular formula is C14H15ClFN3O. The normalized spacial score (nSPS) is 14.7. The first-order valence-corrected chi connectivity index (χ1v) is 7.11. The molecule has 1 aromatic carbocycles. The van der Waals surface area contributed by atoms with Crippen LogP contribution in [0.4, 0.5) is 4.39 Å². The van der Waals surface area contributed by atoms with E-state index in [-0.39, 0.29) is 11.5 Å². The van der Waals surface area contributed by atoms with Crippen molar-refractivity contribution in [2.24, 2.45) is 0 Å². The topological polar surface area (TPSA) is 51.0 Å². The van der Waals surface area contributed by atoms with Crippen LogP contribution in [0.2, 0.25) is 5.02 Å². The smallest absolute Gasteiger partial charge is 0.250 e. The molecule has 2 aromatic rings. The second-order valence-corrected chi connectivity index (χ2v) is 5.39. The first-order valence-electron chi connectivity index (χ1n) is 6.73. The number of aryl methyl sites for hydroxylation is 1. The fourth-order valence-corrected chi connectivity index (χ4v) is 2.13. The summed E-state index contributed by atoms with van der Waals surface area (Å²) >= 11 is 5.85. The lowest BCUT2D eigenvalue weighted by molar-refractivity contribution is 0.487. The van der Waals surface area contributed by atoms with Gasteiger partial charge < -0.3 is 9.73 Å². The Balaban J connectivity index is 1.61. The van der Waals surface area contributed by atoms with Gasteiger partial charge in [0.15, 0.2) is 0 Å². The van der Waals surface area contributed by atoms with Crippen molar-refractivity contribution in [2.45, 2.75) is 31.7 Å².